The van der Waals surface area contributed by atoms with Gasteiger partial charge in [0.15, 0.2) is 0 Å². The van der Waals surface area contributed by atoms with E-state index >= 15 is 0 Å². The molecule has 4 nitrogen and oxygen atoms in total. The van der Waals surface area contributed by atoms with Gasteiger partial charge in [-0.25, -0.2) is 4.79 Å². The number of nitrogens with two attached hydrogens (primary N) is 1. The van der Waals surface area contributed by atoms with Gasteiger partial charge in [0.2, 0.25) is 0 Å². The Labute approximate surface area is 77.3 Å². The standard InChI is InChI=1S/C9H13N3O/c1-11-9(13)12(2)8-5-3-7(10)4-6-8/h3-6H,10H2,1-2H3,(H,11,13). The minimum atomic E-state index is -0.148. The number of rotatable bonds is 1. The fourth-order valence-corrected chi connectivity index (χ4v) is 0.983. The lowest BCUT2D eigenvalue weighted by molar-refractivity contribution is 0.249. The van der Waals surface area contributed by atoms with Crippen LogP contribution >= 0.6 is 0 Å². The van der Waals surface area contributed by atoms with Crippen molar-refractivity contribution in [3.8, 4) is 0 Å². The number of benzene rings is 1. The second kappa shape index (κ2) is 3.80. The molecule has 0 aliphatic carbocycles. The van der Waals surface area contributed by atoms with Crippen molar-refractivity contribution in [2.24, 2.45) is 0 Å². The van der Waals surface area contributed by atoms with Crippen molar-refractivity contribution in [1.29, 1.82) is 0 Å². The fraction of sp³-hybridized carbons (Fsp3) is 0.222. The van der Waals surface area contributed by atoms with E-state index in [0.29, 0.717) is 5.69 Å². The average Bonchev–Trinajstić information content (AvgIpc) is 2.17. The summed E-state index contributed by atoms with van der Waals surface area (Å²) in [5, 5.41) is 2.53. The van der Waals surface area contributed by atoms with E-state index in [4.69, 9.17) is 5.73 Å². The van der Waals surface area contributed by atoms with Crippen LogP contribution in [0.4, 0.5) is 16.2 Å². The highest BCUT2D eigenvalue weighted by molar-refractivity contribution is 5.91. The normalized spacial score (nSPS) is 9.38. The van der Waals surface area contributed by atoms with Crippen LogP contribution in [0.3, 0.4) is 0 Å². The molecular weight excluding hydrogens is 166 g/mol. The van der Waals surface area contributed by atoms with Gasteiger partial charge in [-0.3, -0.25) is 4.90 Å². The maximum atomic E-state index is 11.2. The van der Waals surface area contributed by atoms with Crippen molar-refractivity contribution in [2.75, 3.05) is 24.7 Å². The number of hydrogen-bond donors (Lipinski definition) is 2. The third-order valence-corrected chi connectivity index (χ3v) is 1.80. The Bertz CT molecular complexity index is 294. The molecule has 2 amide bonds. The third kappa shape index (κ3) is 2.11. The molecule has 0 unspecified atom stereocenters. The van der Waals surface area contributed by atoms with Crippen molar-refractivity contribution in [1.82, 2.24) is 5.32 Å². The summed E-state index contributed by atoms with van der Waals surface area (Å²) in [7, 11) is 3.29. The molecule has 3 N–H and O–H groups in total. The first kappa shape index (κ1) is 9.38. The molecule has 1 rings (SSSR count). The van der Waals surface area contributed by atoms with Crippen molar-refractivity contribution in [3.05, 3.63) is 24.3 Å². The first-order chi connectivity index (χ1) is 6.15. The van der Waals surface area contributed by atoms with Crippen LogP contribution in [-0.2, 0) is 0 Å². The lowest BCUT2D eigenvalue weighted by atomic mass is 10.3. The van der Waals surface area contributed by atoms with E-state index in [1.54, 1.807) is 38.4 Å². The van der Waals surface area contributed by atoms with E-state index in [2.05, 4.69) is 5.32 Å². The molecule has 0 fully saturated rings. The highest BCUT2D eigenvalue weighted by Gasteiger charge is 2.06. The molecule has 0 heterocycles. The third-order valence-electron chi connectivity index (χ3n) is 1.80. The van der Waals surface area contributed by atoms with Crippen LogP contribution in [0.5, 0.6) is 0 Å². The van der Waals surface area contributed by atoms with Gasteiger partial charge >= 0.3 is 6.03 Å². The Morgan fingerprint density at radius 3 is 2.38 bits per heavy atom. The maximum Gasteiger partial charge on any atom is 0.321 e. The molecule has 13 heavy (non-hydrogen) atoms. The zero-order chi connectivity index (χ0) is 9.84. The SMILES string of the molecule is CNC(=O)N(C)c1ccc(N)cc1. The van der Waals surface area contributed by atoms with Crippen molar-refractivity contribution in [2.45, 2.75) is 0 Å². The van der Waals surface area contributed by atoms with Crippen molar-refractivity contribution >= 4 is 17.4 Å². The molecule has 0 aliphatic rings. The minimum Gasteiger partial charge on any atom is -0.399 e. The molecule has 4 heteroatoms. The molecular formula is C9H13N3O. The first-order valence-corrected chi connectivity index (χ1v) is 3.96. The monoisotopic (exact) mass is 179 g/mol. The van der Waals surface area contributed by atoms with E-state index in [1.165, 1.54) is 4.90 Å². The molecule has 0 saturated heterocycles. The Morgan fingerprint density at radius 2 is 1.92 bits per heavy atom. The van der Waals surface area contributed by atoms with Gasteiger partial charge in [0.1, 0.15) is 0 Å². The molecule has 70 valence electrons. The zero-order valence-electron chi connectivity index (χ0n) is 7.74. The number of carbonyl (C=O) groups is 1. The van der Waals surface area contributed by atoms with Crippen LogP contribution in [0, 0.1) is 0 Å². The summed E-state index contributed by atoms with van der Waals surface area (Å²) >= 11 is 0. The van der Waals surface area contributed by atoms with E-state index in [-0.39, 0.29) is 6.03 Å². The first-order valence-electron chi connectivity index (χ1n) is 3.96. The van der Waals surface area contributed by atoms with E-state index in [1.807, 2.05) is 0 Å². The van der Waals surface area contributed by atoms with Crippen LogP contribution in [0.1, 0.15) is 0 Å². The van der Waals surface area contributed by atoms with Crippen LogP contribution in [0.25, 0.3) is 0 Å². The summed E-state index contributed by atoms with van der Waals surface area (Å²) in [6.45, 7) is 0. The molecule has 0 atom stereocenters. The maximum absolute atomic E-state index is 11.2. The van der Waals surface area contributed by atoms with Gasteiger partial charge in [-0.15, -0.1) is 0 Å². The summed E-state index contributed by atoms with van der Waals surface area (Å²) in [5.74, 6) is 0. The molecule has 0 aliphatic heterocycles. The summed E-state index contributed by atoms with van der Waals surface area (Å²) in [6.07, 6.45) is 0. The number of nitrogens with one attached hydrogen (secondary N) is 1. The molecule has 1 aromatic rings. The molecule has 0 spiro atoms. The van der Waals surface area contributed by atoms with Gasteiger partial charge in [0, 0.05) is 25.5 Å². The Kier molecular flexibility index (Phi) is 2.74. The number of urea groups is 1. The van der Waals surface area contributed by atoms with E-state index in [9.17, 15) is 4.79 Å². The van der Waals surface area contributed by atoms with Gasteiger partial charge in [-0.2, -0.15) is 0 Å². The molecule has 0 saturated carbocycles. The molecule has 0 aromatic heterocycles. The molecule has 1 aromatic carbocycles. The van der Waals surface area contributed by atoms with Gasteiger partial charge in [0.25, 0.3) is 0 Å². The summed E-state index contributed by atoms with van der Waals surface area (Å²) in [4.78, 5) is 12.7. The minimum absolute atomic E-state index is 0.148. The number of nitrogens with zero attached hydrogens (tertiary/aromatic N) is 1. The summed E-state index contributed by atoms with van der Waals surface area (Å²) < 4.78 is 0. The van der Waals surface area contributed by atoms with Gasteiger partial charge < -0.3 is 11.1 Å². The van der Waals surface area contributed by atoms with Crippen molar-refractivity contribution < 1.29 is 4.79 Å². The molecule has 0 radical (unpaired) electrons. The Morgan fingerprint density at radius 1 is 1.38 bits per heavy atom. The van der Waals surface area contributed by atoms with Gasteiger partial charge in [-0.05, 0) is 24.3 Å². The second-order valence-electron chi connectivity index (χ2n) is 2.71. The summed E-state index contributed by atoms with van der Waals surface area (Å²) in [6, 6.07) is 6.96. The Balaban J connectivity index is 2.83. The number of carbonyl (C=O) groups excluding carboxylic acids is 1. The van der Waals surface area contributed by atoms with Crippen molar-refractivity contribution in [3.63, 3.8) is 0 Å². The summed E-state index contributed by atoms with van der Waals surface area (Å²) in [5.41, 5.74) is 7.02. The number of amides is 2. The lowest BCUT2D eigenvalue weighted by Gasteiger charge is -2.16. The molecule has 0 bridgehead atoms. The van der Waals surface area contributed by atoms with Gasteiger partial charge in [0.05, 0.1) is 0 Å². The quantitative estimate of drug-likeness (QED) is 0.633. The fourth-order valence-electron chi connectivity index (χ4n) is 0.983. The smallest absolute Gasteiger partial charge is 0.321 e. The zero-order valence-corrected chi connectivity index (χ0v) is 7.74. The van der Waals surface area contributed by atoms with Crippen LogP contribution < -0.4 is 16.0 Å². The Hall–Kier alpha value is -1.71. The van der Waals surface area contributed by atoms with E-state index in [0.717, 1.165) is 5.69 Å². The van der Waals surface area contributed by atoms with Gasteiger partial charge in [-0.1, -0.05) is 0 Å². The predicted molar refractivity (Wildman–Crippen MR) is 53.7 cm³/mol. The van der Waals surface area contributed by atoms with Crippen LogP contribution in [-0.4, -0.2) is 20.1 Å². The average molecular weight is 179 g/mol. The highest BCUT2D eigenvalue weighted by Crippen LogP contribution is 2.14. The van der Waals surface area contributed by atoms with E-state index < -0.39 is 0 Å². The van der Waals surface area contributed by atoms with Crippen LogP contribution in [0.15, 0.2) is 24.3 Å². The highest BCUT2D eigenvalue weighted by atomic mass is 16.2. The topological polar surface area (TPSA) is 58.4 Å². The number of nitrogen functional groups attached to an aromatic ring is 1. The predicted octanol–water partition coefficient (Wildman–Crippen LogP) is 1.04. The largest absolute Gasteiger partial charge is 0.399 e. The second-order valence-corrected chi connectivity index (χ2v) is 2.71. The number of anilines is 2. The lowest BCUT2D eigenvalue weighted by Crippen LogP contribution is -2.34. The van der Waals surface area contributed by atoms with Crippen LogP contribution in [0.2, 0.25) is 0 Å². The number of hydrogen-bond acceptors (Lipinski definition) is 2.